The van der Waals surface area contributed by atoms with Crippen LogP contribution in [-0.2, 0) is 25.6 Å². The van der Waals surface area contributed by atoms with Gasteiger partial charge in [0.15, 0.2) is 0 Å². The van der Waals surface area contributed by atoms with Gasteiger partial charge in [0.05, 0.1) is 39.1 Å². The Bertz CT molecular complexity index is 374. The molecule has 0 unspecified atom stereocenters. The van der Waals surface area contributed by atoms with Crippen LogP contribution in [0.2, 0.25) is 0 Å². The highest BCUT2D eigenvalue weighted by atomic mass is 16.5. The van der Waals surface area contributed by atoms with Gasteiger partial charge in [-0.25, -0.2) is 0 Å². The highest BCUT2D eigenvalue weighted by molar-refractivity contribution is 5.13. The average Bonchev–Trinajstić information content (AvgIpc) is 2.54. The van der Waals surface area contributed by atoms with Crippen molar-refractivity contribution in [1.29, 1.82) is 0 Å². The molecular weight excluding hydrogens is 280 g/mol. The maximum absolute atomic E-state index is 5.93. The Labute approximate surface area is 134 Å². The summed E-state index contributed by atoms with van der Waals surface area (Å²) in [5.41, 5.74) is 1.16. The Morgan fingerprint density at radius 1 is 1.00 bits per heavy atom. The van der Waals surface area contributed by atoms with E-state index < -0.39 is 0 Å². The summed E-state index contributed by atoms with van der Waals surface area (Å²) in [6.45, 7) is 6.77. The van der Waals surface area contributed by atoms with Gasteiger partial charge in [-0.15, -0.1) is 6.58 Å². The van der Waals surface area contributed by atoms with Gasteiger partial charge in [0.25, 0.3) is 0 Å². The second kappa shape index (κ2) is 12.4. The zero-order valence-corrected chi connectivity index (χ0v) is 13.7. The van der Waals surface area contributed by atoms with Crippen molar-refractivity contribution < 1.29 is 18.9 Å². The van der Waals surface area contributed by atoms with Gasteiger partial charge >= 0.3 is 0 Å². The molecule has 0 spiro atoms. The summed E-state index contributed by atoms with van der Waals surface area (Å²) in [6, 6.07) is 10.1. The first-order chi connectivity index (χ1) is 10.8. The van der Waals surface area contributed by atoms with Crippen molar-refractivity contribution in [1.82, 2.24) is 0 Å². The van der Waals surface area contributed by atoms with E-state index in [0.717, 1.165) is 12.0 Å². The van der Waals surface area contributed by atoms with E-state index in [2.05, 4.69) is 18.7 Å². The lowest BCUT2D eigenvalue weighted by Gasteiger charge is -2.21. The summed E-state index contributed by atoms with van der Waals surface area (Å²) < 4.78 is 22.0. The fraction of sp³-hybridized carbons (Fsp3) is 0.556. The minimum Gasteiger partial charge on any atom is -0.384 e. The van der Waals surface area contributed by atoms with Crippen LogP contribution in [0.1, 0.15) is 12.0 Å². The van der Waals surface area contributed by atoms with Gasteiger partial charge < -0.3 is 18.9 Å². The van der Waals surface area contributed by atoms with Gasteiger partial charge in [0.2, 0.25) is 0 Å². The minimum absolute atomic E-state index is 0.0115. The van der Waals surface area contributed by atoms with Gasteiger partial charge in [-0.3, -0.25) is 0 Å². The molecule has 0 radical (unpaired) electrons. The Morgan fingerprint density at radius 2 is 1.68 bits per heavy atom. The number of rotatable bonds is 13. The van der Waals surface area contributed by atoms with Crippen LogP contribution in [0.15, 0.2) is 43.0 Å². The zero-order valence-electron chi connectivity index (χ0n) is 13.7. The van der Waals surface area contributed by atoms with Crippen LogP contribution in [0.4, 0.5) is 0 Å². The van der Waals surface area contributed by atoms with E-state index in [-0.39, 0.29) is 12.0 Å². The molecule has 22 heavy (non-hydrogen) atoms. The lowest BCUT2D eigenvalue weighted by molar-refractivity contribution is -0.0512. The molecule has 0 aromatic heterocycles. The van der Waals surface area contributed by atoms with Crippen molar-refractivity contribution in [3.8, 4) is 0 Å². The fourth-order valence-corrected chi connectivity index (χ4v) is 2.14. The van der Waals surface area contributed by atoms with Gasteiger partial charge in [0, 0.05) is 20.1 Å². The maximum atomic E-state index is 5.93. The number of methoxy groups -OCH3 is 2. The second-order valence-electron chi connectivity index (χ2n) is 5.26. The van der Waals surface area contributed by atoms with Crippen LogP contribution in [0, 0.1) is 5.92 Å². The quantitative estimate of drug-likeness (QED) is 0.525. The monoisotopic (exact) mass is 308 g/mol. The third-order valence-corrected chi connectivity index (χ3v) is 3.22. The highest BCUT2D eigenvalue weighted by Gasteiger charge is 2.13. The largest absolute Gasteiger partial charge is 0.384 e. The van der Waals surface area contributed by atoms with E-state index in [1.165, 1.54) is 0 Å². The summed E-state index contributed by atoms with van der Waals surface area (Å²) in [4.78, 5) is 0. The van der Waals surface area contributed by atoms with Crippen LogP contribution < -0.4 is 0 Å². The first-order valence-electron chi connectivity index (χ1n) is 7.62. The van der Waals surface area contributed by atoms with Crippen LogP contribution in [0.3, 0.4) is 0 Å². The molecule has 4 nitrogen and oxygen atoms in total. The molecule has 4 heteroatoms. The number of hydrogen-bond acceptors (Lipinski definition) is 4. The number of ether oxygens (including phenoxy) is 4. The van der Waals surface area contributed by atoms with Gasteiger partial charge in [-0.05, 0) is 12.0 Å². The van der Waals surface area contributed by atoms with E-state index in [0.29, 0.717) is 33.0 Å². The normalized spacial score (nSPS) is 12.5. The maximum Gasteiger partial charge on any atom is 0.0843 e. The highest BCUT2D eigenvalue weighted by Crippen LogP contribution is 2.08. The van der Waals surface area contributed by atoms with E-state index in [1.54, 1.807) is 14.2 Å². The van der Waals surface area contributed by atoms with Gasteiger partial charge in [0.1, 0.15) is 0 Å². The van der Waals surface area contributed by atoms with E-state index >= 15 is 0 Å². The number of benzene rings is 1. The second-order valence-corrected chi connectivity index (χ2v) is 5.26. The van der Waals surface area contributed by atoms with Crippen LogP contribution in [0.5, 0.6) is 0 Å². The lowest BCUT2D eigenvalue weighted by atomic mass is 10.2. The molecule has 0 aliphatic rings. The molecule has 1 aromatic rings. The summed E-state index contributed by atoms with van der Waals surface area (Å²) in [5.74, 6) is 0.233. The van der Waals surface area contributed by atoms with Crippen molar-refractivity contribution in [2.24, 2.45) is 5.92 Å². The van der Waals surface area contributed by atoms with Gasteiger partial charge in [-0.1, -0.05) is 36.4 Å². The molecule has 0 fully saturated rings. The molecule has 0 N–H and O–H groups in total. The smallest absolute Gasteiger partial charge is 0.0843 e. The minimum atomic E-state index is 0.0115. The van der Waals surface area contributed by atoms with Crippen molar-refractivity contribution in [2.45, 2.75) is 19.1 Å². The molecule has 0 heterocycles. The van der Waals surface area contributed by atoms with Crippen LogP contribution in [0.25, 0.3) is 0 Å². The topological polar surface area (TPSA) is 36.9 Å². The molecule has 0 aliphatic heterocycles. The predicted octanol–water partition coefficient (Wildman–Crippen LogP) is 3.07. The Morgan fingerprint density at radius 3 is 2.27 bits per heavy atom. The SMILES string of the molecule is C=CC[C@H](COCc1ccccc1)OCC(COC)COC. The van der Waals surface area contributed by atoms with Crippen molar-refractivity contribution in [2.75, 3.05) is 40.6 Å². The van der Waals surface area contributed by atoms with Gasteiger partial charge in [-0.2, -0.15) is 0 Å². The Balaban J connectivity index is 2.32. The van der Waals surface area contributed by atoms with E-state index in [4.69, 9.17) is 18.9 Å². The van der Waals surface area contributed by atoms with Crippen molar-refractivity contribution >= 4 is 0 Å². The molecular formula is C18H28O4. The standard InChI is InChI=1S/C18H28O4/c1-4-8-18(22-14-17(11-19-2)12-20-3)15-21-13-16-9-6-5-7-10-16/h4-7,9-10,17-18H,1,8,11-15H2,2-3H3/t18-/m1/s1. The Kier molecular flexibility index (Phi) is 10.6. The molecule has 124 valence electrons. The summed E-state index contributed by atoms with van der Waals surface area (Å²) in [6.07, 6.45) is 2.64. The van der Waals surface area contributed by atoms with E-state index in [9.17, 15) is 0 Å². The first kappa shape index (κ1) is 18.8. The third kappa shape index (κ3) is 8.29. The third-order valence-electron chi connectivity index (χ3n) is 3.22. The molecule has 1 aromatic carbocycles. The fourth-order valence-electron chi connectivity index (χ4n) is 2.14. The Hall–Kier alpha value is -1.20. The first-order valence-corrected chi connectivity index (χ1v) is 7.62. The zero-order chi connectivity index (χ0) is 16.0. The molecule has 0 bridgehead atoms. The average molecular weight is 308 g/mol. The molecule has 0 saturated heterocycles. The van der Waals surface area contributed by atoms with Crippen LogP contribution >= 0.6 is 0 Å². The molecule has 0 saturated carbocycles. The lowest BCUT2D eigenvalue weighted by Crippen LogP contribution is -2.27. The summed E-state index contributed by atoms with van der Waals surface area (Å²) >= 11 is 0. The van der Waals surface area contributed by atoms with Crippen molar-refractivity contribution in [3.05, 3.63) is 48.6 Å². The molecule has 0 aliphatic carbocycles. The molecule has 0 amide bonds. The van der Waals surface area contributed by atoms with E-state index in [1.807, 2.05) is 24.3 Å². The predicted molar refractivity (Wildman–Crippen MR) is 87.9 cm³/mol. The summed E-state index contributed by atoms with van der Waals surface area (Å²) in [7, 11) is 3.37. The molecule has 1 atom stereocenters. The summed E-state index contributed by atoms with van der Waals surface area (Å²) in [5, 5.41) is 0. The number of hydrogen-bond donors (Lipinski definition) is 0. The van der Waals surface area contributed by atoms with Crippen molar-refractivity contribution in [3.63, 3.8) is 0 Å². The molecule has 1 rings (SSSR count). The van der Waals surface area contributed by atoms with Crippen LogP contribution in [-0.4, -0.2) is 46.8 Å².